The summed E-state index contributed by atoms with van der Waals surface area (Å²) in [6.07, 6.45) is 1.36. The number of aliphatic hydroxyl groups is 1. The topological polar surface area (TPSA) is 117 Å². The first-order valence-corrected chi connectivity index (χ1v) is 9.57. The molecular formula is C19H20ClF2N5O4. The summed E-state index contributed by atoms with van der Waals surface area (Å²) in [7, 11) is 1.30. The summed E-state index contributed by atoms with van der Waals surface area (Å²) in [6, 6.07) is 3.55. The van der Waals surface area contributed by atoms with Gasteiger partial charge in [-0.1, -0.05) is 16.8 Å². The van der Waals surface area contributed by atoms with Gasteiger partial charge in [0.15, 0.2) is 5.84 Å². The van der Waals surface area contributed by atoms with E-state index in [9.17, 15) is 13.6 Å². The van der Waals surface area contributed by atoms with E-state index < -0.39 is 29.6 Å². The van der Waals surface area contributed by atoms with E-state index in [1.54, 1.807) is 6.07 Å². The first-order valence-electron chi connectivity index (χ1n) is 9.19. The summed E-state index contributed by atoms with van der Waals surface area (Å²) in [5.74, 6) is -2.30. The third-order valence-electron chi connectivity index (χ3n) is 4.48. The van der Waals surface area contributed by atoms with Crippen molar-refractivity contribution in [1.82, 2.24) is 15.6 Å². The highest BCUT2D eigenvalue weighted by Gasteiger charge is 2.39. The molecule has 1 saturated heterocycles. The van der Waals surface area contributed by atoms with Gasteiger partial charge in [0.05, 0.1) is 25.6 Å². The van der Waals surface area contributed by atoms with E-state index in [-0.39, 0.29) is 42.1 Å². The number of amidine groups is 1. The quantitative estimate of drug-likeness (QED) is 0.289. The normalized spacial score (nSPS) is 19.1. The van der Waals surface area contributed by atoms with Crippen LogP contribution in [0.15, 0.2) is 35.6 Å². The van der Waals surface area contributed by atoms with Crippen molar-refractivity contribution in [1.29, 1.82) is 0 Å². The third-order valence-corrected chi connectivity index (χ3v) is 4.70. The molecule has 1 aliphatic heterocycles. The van der Waals surface area contributed by atoms with Crippen molar-refractivity contribution < 1.29 is 28.3 Å². The molecule has 9 nitrogen and oxygen atoms in total. The number of halogens is 3. The molecule has 2 heterocycles. The minimum Gasteiger partial charge on any atom is -0.497 e. The molecule has 166 valence electrons. The van der Waals surface area contributed by atoms with Crippen molar-refractivity contribution in [3.63, 3.8) is 0 Å². The molecule has 0 saturated carbocycles. The Hall–Kier alpha value is -3.18. The number of nitrogens with zero attached hydrogens (tertiary/aromatic N) is 2. The maximum absolute atomic E-state index is 14.7. The number of oxime groups is 1. The SMILES string of the molecule is COc1cc(F)c([C@@H]2CN/C(=N\OCCO)[C@H]2NC(=O)Nc2ccc(Cl)nc2)c(F)c1. The number of benzene rings is 1. The Kier molecular flexibility index (Phi) is 7.42. The van der Waals surface area contributed by atoms with Crippen LogP contribution in [0.2, 0.25) is 5.15 Å². The van der Waals surface area contributed by atoms with E-state index in [1.807, 2.05) is 0 Å². The summed E-state index contributed by atoms with van der Waals surface area (Å²) >= 11 is 5.73. The van der Waals surface area contributed by atoms with Crippen LogP contribution in [-0.2, 0) is 4.84 Å². The first-order chi connectivity index (χ1) is 14.9. The van der Waals surface area contributed by atoms with Crippen LogP contribution < -0.4 is 20.7 Å². The lowest BCUT2D eigenvalue weighted by atomic mass is 9.92. The lowest BCUT2D eigenvalue weighted by Gasteiger charge is -2.21. The minimum absolute atomic E-state index is 0.0300. The van der Waals surface area contributed by atoms with Crippen molar-refractivity contribution in [3.8, 4) is 5.75 Å². The molecule has 1 fully saturated rings. The van der Waals surface area contributed by atoms with E-state index in [0.29, 0.717) is 5.69 Å². The van der Waals surface area contributed by atoms with Gasteiger partial charge in [-0.15, -0.1) is 0 Å². The Balaban J connectivity index is 1.85. The maximum atomic E-state index is 14.7. The molecule has 1 aliphatic rings. The number of carbonyl (C=O) groups is 1. The molecule has 31 heavy (non-hydrogen) atoms. The van der Waals surface area contributed by atoms with E-state index >= 15 is 0 Å². The molecule has 0 unspecified atom stereocenters. The van der Waals surface area contributed by atoms with E-state index in [4.69, 9.17) is 26.3 Å². The largest absolute Gasteiger partial charge is 0.497 e. The third kappa shape index (κ3) is 5.50. The van der Waals surface area contributed by atoms with Gasteiger partial charge in [0.1, 0.15) is 35.2 Å². The van der Waals surface area contributed by atoms with Gasteiger partial charge in [-0.25, -0.2) is 18.6 Å². The molecule has 0 aliphatic carbocycles. The van der Waals surface area contributed by atoms with Gasteiger partial charge in [-0.2, -0.15) is 0 Å². The number of carbonyl (C=O) groups excluding carboxylic acids is 1. The summed E-state index contributed by atoms with van der Waals surface area (Å²) in [5, 5.41) is 21.0. The standard InChI is InChI=1S/C19H20ClF2N5O4/c1-30-11-6-13(21)16(14(22)7-11)12-9-24-18(27-31-5-4-28)17(12)26-19(29)25-10-2-3-15(20)23-8-10/h2-3,6-8,12,17,28H,4-5,9H2,1H3,(H,24,27)(H2,25,26,29)/t12-,17-/m0/s1. The number of aromatic nitrogens is 1. The fraction of sp³-hybridized carbons (Fsp3) is 0.316. The fourth-order valence-corrected chi connectivity index (χ4v) is 3.22. The highest BCUT2D eigenvalue weighted by molar-refractivity contribution is 6.29. The van der Waals surface area contributed by atoms with E-state index in [1.165, 1.54) is 19.4 Å². The zero-order chi connectivity index (χ0) is 22.4. The lowest BCUT2D eigenvalue weighted by molar-refractivity contribution is 0.0974. The number of hydrogen-bond acceptors (Lipinski definition) is 6. The van der Waals surface area contributed by atoms with Crippen molar-refractivity contribution in [2.24, 2.45) is 5.16 Å². The Morgan fingerprint density at radius 3 is 2.74 bits per heavy atom. The van der Waals surface area contributed by atoms with Gasteiger partial charge in [0, 0.05) is 30.2 Å². The minimum atomic E-state index is -0.948. The Morgan fingerprint density at radius 1 is 1.39 bits per heavy atom. The number of pyridine rings is 1. The van der Waals surface area contributed by atoms with Gasteiger partial charge in [0.25, 0.3) is 0 Å². The van der Waals surface area contributed by atoms with Crippen molar-refractivity contribution in [3.05, 3.63) is 52.8 Å². The predicted molar refractivity (Wildman–Crippen MR) is 109 cm³/mol. The molecule has 2 atom stereocenters. The summed E-state index contributed by atoms with van der Waals surface area (Å²) in [5.41, 5.74) is 0.125. The molecule has 1 aromatic carbocycles. The Labute approximate surface area is 181 Å². The molecule has 2 amide bonds. The number of methoxy groups -OCH3 is 1. The summed E-state index contributed by atoms with van der Waals surface area (Å²) in [6.45, 7) is -0.282. The summed E-state index contributed by atoms with van der Waals surface area (Å²) in [4.78, 5) is 21.3. The average Bonchev–Trinajstić information content (AvgIpc) is 3.11. The number of urea groups is 1. The van der Waals surface area contributed by atoms with Crippen LogP contribution >= 0.6 is 11.6 Å². The van der Waals surface area contributed by atoms with Gasteiger partial charge in [-0.3, -0.25) is 0 Å². The van der Waals surface area contributed by atoms with Crippen molar-refractivity contribution >= 4 is 29.2 Å². The van der Waals surface area contributed by atoms with E-state index in [0.717, 1.165) is 12.1 Å². The van der Waals surface area contributed by atoms with Crippen LogP contribution in [0.3, 0.4) is 0 Å². The number of ether oxygens (including phenoxy) is 1. The Morgan fingerprint density at radius 2 is 2.13 bits per heavy atom. The first kappa shape index (κ1) is 22.5. The molecule has 3 rings (SSSR count). The fourth-order valence-electron chi connectivity index (χ4n) is 3.11. The van der Waals surface area contributed by atoms with Crippen molar-refractivity contribution in [2.45, 2.75) is 12.0 Å². The number of amides is 2. The van der Waals surface area contributed by atoms with Gasteiger partial charge >= 0.3 is 6.03 Å². The molecule has 1 aromatic heterocycles. The zero-order valence-electron chi connectivity index (χ0n) is 16.4. The van der Waals surface area contributed by atoms with Gasteiger partial charge in [-0.05, 0) is 12.1 Å². The van der Waals surface area contributed by atoms with Gasteiger partial charge < -0.3 is 30.6 Å². The molecule has 0 bridgehead atoms. The highest BCUT2D eigenvalue weighted by atomic mass is 35.5. The molecule has 0 radical (unpaired) electrons. The van der Waals surface area contributed by atoms with Gasteiger partial charge in [0.2, 0.25) is 0 Å². The Bertz CT molecular complexity index is 938. The molecule has 12 heteroatoms. The monoisotopic (exact) mass is 455 g/mol. The average molecular weight is 456 g/mol. The smallest absolute Gasteiger partial charge is 0.319 e. The predicted octanol–water partition coefficient (Wildman–Crippen LogP) is 2.22. The second-order valence-electron chi connectivity index (χ2n) is 6.47. The van der Waals surface area contributed by atoms with Crippen molar-refractivity contribution in [2.75, 3.05) is 32.2 Å². The maximum Gasteiger partial charge on any atom is 0.319 e. The number of anilines is 1. The molecule has 2 aromatic rings. The molecule has 0 spiro atoms. The van der Waals surface area contributed by atoms with Crippen LogP contribution in [0, 0.1) is 11.6 Å². The van der Waals surface area contributed by atoms with Crippen LogP contribution in [-0.4, -0.2) is 54.9 Å². The van der Waals surface area contributed by atoms with E-state index in [2.05, 4.69) is 26.1 Å². The second kappa shape index (κ2) is 10.2. The van der Waals surface area contributed by atoms with Crippen LogP contribution in [0.5, 0.6) is 5.75 Å². The summed E-state index contributed by atoms with van der Waals surface area (Å²) < 4.78 is 34.2. The van der Waals surface area contributed by atoms with Crippen LogP contribution in [0.1, 0.15) is 11.5 Å². The number of rotatable bonds is 7. The van der Waals surface area contributed by atoms with Crippen LogP contribution in [0.4, 0.5) is 19.3 Å². The number of hydrogen-bond donors (Lipinski definition) is 4. The lowest BCUT2D eigenvalue weighted by Crippen LogP contribution is -2.45. The highest BCUT2D eigenvalue weighted by Crippen LogP contribution is 2.31. The number of aliphatic hydroxyl groups excluding tert-OH is 1. The second-order valence-corrected chi connectivity index (χ2v) is 6.86. The molecular weight excluding hydrogens is 436 g/mol. The number of nitrogens with one attached hydrogen (secondary N) is 3. The zero-order valence-corrected chi connectivity index (χ0v) is 17.1. The van der Waals surface area contributed by atoms with Crippen LogP contribution in [0.25, 0.3) is 0 Å². The molecule has 4 N–H and O–H groups in total.